The van der Waals surface area contributed by atoms with Crippen LogP contribution >= 0.6 is 0 Å². The number of aliphatic hydroxyl groups excluding tert-OH is 1. The number of unbranched alkanes of at least 4 members (excludes halogenated alkanes) is 2. The zero-order valence-corrected chi connectivity index (χ0v) is 11.8. The third-order valence-electron chi connectivity index (χ3n) is 2.72. The van der Waals surface area contributed by atoms with Gasteiger partial charge in [-0.05, 0) is 24.7 Å². The average molecular weight is 244 g/mol. The van der Waals surface area contributed by atoms with Crippen molar-refractivity contribution in [2.75, 3.05) is 6.61 Å². The van der Waals surface area contributed by atoms with E-state index in [4.69, 9.17) is 4.74 Å². The smallest absolute Gasteiger partial charge is 0.305 e. The van der Waals surface area contributed by atoms with Crippen LogP contribution in [0.4, 0.5) is 0 Å². The summed E-state index contributed by atoms with van der Waals surface area (Å²) >= 11 is 0. The third kappa shape index (κ3) is 11.7. The van der Waals surface area contributed by atoms with Gasteiger partial charge in [0.15, 0.2) is 0 Å². The zero-order valence-electron chi connectivity index (χ0n) is 11.8. The summed E-state index contributed by atoms with van der Waals surface area (Å²) in [5, 5.41) is 9.23. The number of ether oxygens (including phenoxy) is 1. The van der Waals surface area contributed by atoms with E-state index in [1.807, 2.05) is 6.92 Å². The Kier molecular flexibility index (Phi) is 8.23. The van der Waals surface area contributed by atoms with Crippen LogP contribution in [0.1, 0.15) is 66.2 Å². The number of esters is 1. The molecule has 102 valence electrons. The Bertz CT molecular complexity index is 206. The molecule has 0 aromatic carbocycles. The van der Waals surface area contributed by atoms with Crippen molar-refractivity contribution >= 4 is 5.97 Å². The minimum Gasteiger partial charge on any atom is -0.463 e. The SMILES string of the molecule is CCC(O)COC(=O)CCCCCC(C)(C)C. The number of carbonyl (C=O) groups is 1. The summed E-state index contributed by atoms with van der Waals surface area (Å²) in [7, 11) is 0. The van der Waals surface area contributed by atoms with Crippen LogP contribution in [0.2, 0.25) is 0 Å². The van der Waals surface area contributed by atoms with Crippen molar-refractivity contribution in [3.63, 3.8) is 0 Å². The number of hydrogen-bond acceptors (Lipinski definition) is 3. The molecular weight excluding hydrogens is 216 g/mol. The van der Waals surface area contributed by atoms with E-state index in [0.29, 0.717) is 18.3 Å². The summed E-state index contributed by atoms with van der Waals surface area (Å²) in [6.07, 6.45) is 4.89. The van der Waals surface area contributed by atoms with Gasteiger partial charge in [-0.2, -0.15) is 0 Å². The lowest BCUT2D eigenvalue weighted by Crippen LogP contribution is -2.17. The highest BCUT2D eigenvalue weighted by Gasteiger charge is 2.10. The lowest BCUT2D eigenvalue weighted by atomic mass is 9.89. The third-order valence-corrected chi connectivity index (χ3v) is 2.72. The fourth-order valence-electron chi connectivity index (χ4n) is 1.48. The first-order valence-electron chi connectivity index (χ1n) is 6.69. The lowest BCUT2D eigenvalue weighted by molar-refractivity contribution is -0.146. The number of rotatable bonds is 8. The maximum absolute atomic E-state index is 11.3. The molecule has 3 nitrogen and oxygen atoms in total. The standard InChI is InChI=1S/C14H28O3/c1-5-12(15)11-17-13(16)9-7-6-8-10-14(2,3)4/h12,15H,5-11H2,1-4H3. The molecular formula is C14H28O3. The number of aliphatic hydroxyl groups is 1. The molecule has 0 aromatic rings. The number of hydrogen-bond donors (Lipinski definition) is 1. The van der Waals surface area contributed by atoms with Gasteiger partial charge in [-0.15, -0.1) is 0 Å². The second-order valence-corrected chi connectivity index (χ2v) is 5.87. The van der Waals surface area contributed by atoms with Crippen LogP contribution in [0, 0.1) is 5.41 Å². The molecule has 17 heavy (non-hydrogen) atoms. The normalized spacial score (nSPS) is 13.5. The van der Waals surface area contributed by atoms with Gasteiger partial charge in [0.1, 0.15) is 6.61 Å². The summed E-state index contributed by atoms with van der Waals surface area (Å²) in [6, 6.07) is 0. The summed E-state index contributed by atoms with van der Waals surface area (Å²) in [4.78, 5) is 11.3. The summed E-state index contributed by atoms with van der Waals surface area (Å²) in [6.45, 7) is 8.69. The van der Waals surface area contributed by atoms with Crippen LogP contribution in [0.3, 0.4) is 0 Å². The summed E-state index contributed by atoms with van der Waals surface area (Å²) in [5.74, 6) is -0.187. The van der Waals surface area contributed by atoms with Gasteiger partial charge in [0, 0.05) is 6.42 Å². The van der Waals surface area contributed by atoms with E-state index in [0.717, 1.165) is 19.3 Å². The van der Waals surface area contributed by atoms with Crippen molar-refractivity contribution < 1.29 is 14.6 Å². The van der Waals surface area contributed by atoms with E-state index < -0.39 is 6.10 Å². The Labute approximate surface area is 106 Å². The van der Waals surface area contributed by atoms with Gasteiger partial charge in [0.05, 0.1) is 6.10 Å². The molecule has 0 aromatic heterocycles. The van der Waals surface area contributed by atoms with Crippen molar-refractivity contribution in [2.24, 2.45) is 5.41 Å². The fourth-order valence-corrected chi connectivity index (χ4v) is 1.48. The first kappa shape index (κ1) is 16.4. The van der Waals surface area contributed by atoms with E-state index in [2.05, 4.69) is 20.8 Å². The maximum Gasteiger partial charge on any atom is 0.305 e. The Morgan fingerprint density at radius 2 is 1.88 bits per heavy atom. The fraction of sp³-hybridized carbons (Fsp3) is 0.929. The van der Waals surface area contributed by atoms with Crippen LogP contribution in [-0.4, -0.2) is 23.8 Å². The predicted octanol–water partition coefficient (Wildman–Crippen LogP) is 3.30. The predicted molar refractivity (Wildman–Crippen MR) is 69.8 cm³/mol. The Morgan fingerprint density at radius 3 is 2.41 bits per heavy atom. The zero-order chi connectivity index (χ0) is 13.3. The molecule has 0 amide bonds. The second kappa shape index (κ2) is 8.51. The quantitative estimate of drug-likeness (QED) is 0.526. The molecule has 0 bridgehead atoms. The minimum atomic E-state index is -0.514. The first-order valence-corrected chi connectivity index (χ1v) is 6.69. The molecule has 0 aliphatic heterocycles. The molecule has 0 saturated carbocycles. The van der Waals surface area contributed by atoms with Crippen LogP contribution in [0.25, 0.3) is 0 Å². The molecule has 0 saturated heterocycles. The van der Waals surface area contributed by atoms with Crippen molar-refractivity contribution in [2.45, 2.75) is 72.3 Å². The van der Waals surface area contributed by atoms with E-state index >= 15 is 0 Å². The van der Waals surface area contributed by atoms with E-state index in [1.54, 1.807) is 0 Å². The van der Waals surface area contributed by atoms with Gasteiger partial charge in [-0.3, -0.25) is 4.79 Å². The molecule has 1 N–H and O–H groups in total. The largest absolute Gasteiger partial charge is 0.463 e. The van der Waals surface area contributed by atoms with Crippen molar-refractivity contribution in [3.05, 3.63) is 0 Å². The molecule has 1 atom stereocenters. The van der Waals surface area contributed by atoms with Crippen molar-refractivity contribution in [1.29, 1.82) is 0 Å². The molecule has 0 aliphatic carbocycles. The highest BCUT2D eigenvalue weighted by atomic mass is 16.5. The molecule has 0 fully saturated rings. The van der Waals surface area contributed by atoms with Gasteiger partial charge < -0.3 is 9.84 Å². The Hall–Kier alpha value is -0.570. The van der Waals surface area contributed by atoms with Gasteiger partial charge in [-0.1, -0.05) is 40.5 Å². The highest BCUT2D eigenvalue weighted by Crippen LogP contribution is 2.22. The monoisotopic (exact) mass is 244 g/mol. The van der Waals surface area contributed by atoms with Crippen LogP contribution < -0.4 is 0 Å². The van der Waals surface area contributed by atoms with Crippen molar-refractivity contribution in [3.8, 4) is 0 Å². The van der Waals surface area contributed by atoms with Crippen LogP contribution in [-0.2, 0) is 9.53 Å². The topological polar surface area (TPSA) is 46.5 Å². The maximum atomic E-state index is 11.3. The van der Waals surface area contributed by atoms with E-state index in [9.17, 15) is 9.90 Å². The Morgan fingerprint density at radius 1 is 1.24 bits per heavy atom. The Balaban J connectivity index is 3.40. The second-order valence-electron chi connectivity index (χ2n) is 5.87. The van der Waals surface area contributed by atoms with Gasteiger partial charge in [0.2, 0.25) is 0 Å². The van der Waals surface area contributed by atoms with E-state index in [-0.39, 0.29) is 12.6 Å². The van der Waals surface area contributed by atoms with Gasteiger partial charge >= 0.3 is 5.97 Å². The lowest BCUT2D eigenvalue weighted by Gasteiger charge is -2.17. The molecule has 0 heterocycles. The molecule has 3 heteroatoms. The minimum absolute atomic E-state index is 0.136. The number of carbonyl (C=O) groups excluding carboxylic acids is 1. The van der Waals surface area contributed by atoms with Gasteiger partial charge in [0.25, 0.3) is 0 Å². The molecule has 0 radical (unpaired) electrons. The van der Waals surface area contributed by atoms with Crippen LogP contribution in [0.5, 0.6) is 0 Å². The summed E-state index contributed by atoms with van der Waals surface area (Å²) < 4.78 is 4.95. The molecule has 1 unspecified atom stereocenters. The van der Waals surface area contributed by atoms with Crippen molar-refractivity contribution in [1.82, 2.24) is 0 Å². The molecule has 0 aliphatic rings. The molecule has 0 spiro atoms. The highest BCUT2D eigenvalue weighted by molar-refractivity contribution is 5.69. The average Bonchev–Trinajstić information content (AvgIpc) is 2.23. The van der Waals surface area contributed by atoms with Gasteiger partial charge in [-0.25, -0.2) is 0 Å². The van der Waals surface area contributed by atoms with Crippen LogP contribution in [0.15, 0.2) is 0 Å². The molecule has 0 rings (SSSR count). The van der Waals surface area contributed by atoms with E-state index in [1.165, 1.54) is 6.42 Å². The first-order chi connectivity index (χ1) is 7.85. The summed E-state index contributed by atoms with van der Waals surface area (Å²) in [5.41, 5.74) is 0.381.